The molecule has 5 aromatic rings. The van der Waals surface area contributed by atoms with Crippen LogP contribution in [0.15, 0.2) is 85.3 Å². The molecule has 2 aliphatic rings. The van der Waals surface area contributed by atoms with Crippen molar-refractivity contribution in [1.82, 2.24) is 24.3 Å². The third-order valence-corrected chi connectivity index (χ3v) is 8.51. The highest BCUT2D eigenvalue weighted by atomic mass is 15.2. The van der Waals surface area contributed by atoms with Crippen LogP contribution in [0.4, 0.5) is 0 Å². The highest BCUT2D eigenvalue weighted by molar-refractivity contribution is 5.74. The fourth-order valence-electron chi connectivity index (χ4n) is 6.56. The summed E-state index contributed by atoms with van der Waals surface area (Å²) >= 11 is 0. The average Bonchev–Trinajstić information content (AvgIpc) is 3.22. The normalized spacial score (nSPS) is 24.0. The maximum atomic E-state index is 4.69. The van der Waals surface area contributed by atoms with Crippen LogP contribution in [0, 0.1) is 5.41 Å². The summed E-state index contributed by atoms with van der Waals surface area (Å²) in [5.74, 6) is 0.564. The molecule has 35 heavy (non-hydrogen) atoms. The number of H-pyrrole nitrogens is 1. The van der Waals surface area contributed by atoms with Gasteiger partial charge in [0.1, 0.15) is 0 Å². The number of imidazole rings is 1. The van der Waals surface area contributed by atoms with E-state index in [1.54, 1.807) is 0 Å². The third kappa shape index (κ3) is 3.75. The summed E-state index contributed by atoms with van der Waals surface area (Å²) in [6, 6.07) is 24.7. The number of fused-ring (bicyclic) bond motifs is 3. The van der Waals surface area contributed by atoms with E-state index in [9.17, 15) is 0 Å². The number of nitrogens with one attached hydrogen (secondary N) is 1. The van der Waals surface area contributed by atoms with Crippen molar-refractivity contribution in [2.45, 2.75) is 57.2 Å². The van der Waals surface area contributed by atoms with Gasteiger partial charge in [-0.3, -0.25) is 9.30 Å². The molecule has 5 heteroatoms. The molecule has 7 rings (SSSR count). The Bertz CT molecular complexity index is 1400. The molecule has 1 atom stereocenters. The fourth-order valence-corrected chi connectivity index (χ4v) is 6.56. The third-order valence-electron chi connectivity index (χ3n) is 8.51. The largest absolute Gasteiger partial charge is 0.345 e. The Hall–Kier alpha value is -3.44. The van der Waals surface area contributed by atoms with E-state index < -0.39 is 0 Å². The lowest BCUT2D eigenvalue weighted by atomic mass is 9.78. The Balaban J connectivity index is 1.11. The minimum atomic E-state index is 0.478. The van der Waals surface area contributed by atoms with Gasteiger partial charge in [0.15, 0.2) is 11.3 Å². The summed E-state index contributed by atoms with van der Waals surface area (Å²) in [5, 5.41) is 0. The zero-order valence-electron chi connectivity index (χ0n) is 20.0. The number of hydrogen-bond donors (Lipinski definition) is 1. The summed E-state index contributed by atoms with van der Waals surface area (Å²) in [6.07, 6.45) is 12.4. The lowest BCUT2D eigenvalue weighted by molar-refractivity contribution is 0.177. The van der Waals surface area contributed by atoms with Crippen LogP contribution < -0.4 is 0 Å². The molecule has 2 aliphatic carbocycles. The standard InChI is InChI=1S/C30H31N5/c1-3-7-22(8-4-1)20-34(21-23-9-5-2-6-10-23)27-17-30(27)14-11-24(12-15-30)26-18-32-28-19-33-29-25(35(26)28)13-16-31-29/h1-10,13,16,18-19,24,27,31H,11-12,14-15,17,20-21H2. The van der Waals surface area contributed by atoms with Crippen molar-refractivity contribution in [3.63, 3.8) is 0 Å². The van der Waals surface area contributed by atoms with Gasteiger partial charge in [-0.05, 0) is 54.7 Å². The molecule has 0 saturated heterocycles. The minimum Gasteiger partial charge on any atom is -0.345 e. The molecule has 0 aliphatic heterocycles. The molecule has 1 unspecified atom stereocenters. The van der Waals surface area contributed by atoms with E-state index in [2.05, 4.69) is 92.2 Å². The number of hydrogen-bond acceptors (Lipinski definition) is 3. The van der Waals surface area contributed by atoms with Gasteiger partial charge < -0.3 is 4.98 Å². The van der Waals surface area contributed by atoms with Crippen molar-refractivity contribution >= 4 is 16.8 Å². The van der Waals surface area contributed by atoms with Gasteiger partial charge in [0, 0.05) is 43.1 Å². The zero-order chi connectivity index (χ0) is 23.2. The van der Waals surface area contributed by atoms with Crippen molar-refractivity contribution in [1.29, 1.82) is 0 Å². The van der Waals surface area contributed by atoms with E-state index in [0.29, 0.717) is 17.4 Å². The smallest absolute Gasteiger partial charge is 0.156 e. The quantitative estimate of drug-likeness (QED) is 0.321. The Kier molecular flexibility index (Phi) is 4.98. The first-order valence-electron chi connectivity index (χ1n) is 12.9. The maximum Gasteiger partial charge on any atom is 0.156 e. The molecule has 2 aromatic carbocycles. The Labute approximate surface area is 205 Å². The summed E-state index contributed by atoms with van der Waals surface area (Å²) < 4.78 is 2.32. The summed E-state index contributed by atoms with van der Waals surface area (Å²) in [7, 11) is 0. The van der Waals surface area contributed by atoms with E-state index in [-0.39, 0.29) is 0 Å². The van der Waals surface area contributed by atoms with Gasteiger partial charge in [-0.15, -0.1) is 0 Å². The topological polar surface area (TPSA) is 49.2 Å². The lowest BCUT2D eigenvalue weighted by Crippen LogP contribution is -2.31. The fraction of sp³-hybridized carbons (Fsp3) is 0.333. The molecule has 3 aromatic heterocycles. The molecule has 3 heterocycles. The van der Waals surface area contributed by atoms with Gasteiger partial charge in [0.2, 0.25) is 0 Å². The number of aromatic nitrogens is 4. The Morgan fingerprint density at radius 2 is 1.54 bits per heavy atom. The molecule has 0 amide bonds. The number of aromatic amines is 1. The van der Waals surface area contributed by atoms with Gasteiger partial charge in [-0.2, -0.15) is 0 Å². The van der Waals surface area contributed by atoms with Crippen LogP contribution in [-0.4, -0.2) is 30.3 Å². The first kappa shape index (κ1) is 20.9. The van der Waals surface area contributed by atoms with Crippen molar-refractivity contribution in [3.05, 3.63) is 102 Å². The van der Waals surface area contributed by atoms with Crippen LogP contribution in [0.5, 0.6) is 0 Å². The van der Waals surface area contributed by atoms with Gasteiger partial charge in [-0.25, -0.2) is 9.97 Å². The Morgan fingerprint density at radius 1 is 0.857 bits per heavy atom. The number of nitrogens with zero attached hydrogens (tertiary/aromatic N) is 4. The van der Waals surface area contributed by atoms with E-state index in [1.165, 1.54) is 48.9 Å². The molecular formula is C30H31N5. The monoisotopic (exact) mass is 461 g/mol. The summed E-state index contributed by atoms with van der Waals surface area (Å²) in [5.41, 5.74) is 7.67. The van der Waals surface area contributed by atoms with Crippen LogP contribution in [-0.2, 0) is 13.1 Å². The summed E-state index contributed by atoms with van der Waals surface area (Å²) in [4.78, 5) is 15.2. The average molecular weight is 462 g/mol. The number of rotatable bonds is 6. The van der Waals surface area contributed by atoms with Crippen LogP contribution in [0.25, 0.3) is 16.8 Å². The predicted octanol–water partition coefficient (Wildman–Crippen LogP) is 6.33. The van der Waals surface area contributed by atoms with Gasteiger partial charge >= 0.3 is 0 Å². The van der Waals surface area contributed by atoms with Crippen molar-refractivity contribution < 1.29 is 0 Å². The second kappa shape index (κ2) is 8.35. The second-order valence-electron chi connectivity index (χ2n) is 10.6. The second-order valence-corrected chi connectivity index (χ2v) is 10.6. The Morgan fingerprint density at radius 3 is 2.23 bits per heavy atom. The first-order valence-corrected chi connectivity index (χ1v) is 12.9. The van der Waals surface area contributed by atoms with Crippen LogP contribution in [0.1, 0.15) is 54.8 Å². The van der Waals surface area contributed by atoms with E-state index in [0.717, 1.165) is 29.9 Å². The van der Waals surface area contributed by atoms with Crippen molar-refractivity contribution in [3.8, 4) is 0 Å². The van der Waals surface area contributed by atoms with E-state index in [4.69, 9.17) is 4.98 Å². The highest BCUT2D eigenvalue weighted by Crippen LogP contribution is 2.61. The highest BCUT2D eigenvalue weighted by Gasteiger charge is 2.57. The number of benzene rings is 2. The molecule has 1 N–H and O–H groups in total. The molecule has 1 spiro atoms. The molecule has 5 nitrogen and oxygen atoms in total. The predicted molar refractivity (Wildman–Crippen MR) is 139 cm³/mol. The zero-order valence-corrected chi connectivity index (χ0v) is 20.0. The molecular weight excluding hydrogens is 430 g/mol. The summed E-state index contributed by atoms with van der Waals surface area (Å²) in [6.45, 7) is 2.05. The van der Waals surface area contributed by atoms with Gasteiger partial charge in [0.05, 0.1) is 11.7 Å². The van der Waals surface area contributed by atoms with Crippen LogP contribution in [0.2, 0.25) is 0 Å². The SMILES string of the molecule is c1ccc(CN(Cc2ccccc2)C2CC23CCC(c2cnc4cnc5[nH]ccc5n24)CC3)cc1. The first-order chi connectivity index (χ1) is 17.3. The maximum absolute atomic E-state index is 4.69. The molecule has 0 bridgehead atoms. The van der Waals surface area contributed by atoms with E-state index >= 15 is 0 Å². The molecule has 176 valence electrons. The molecule has 2 fully saturated rings. The lowest BCUT2D eigenvalue weighted by Gasteiger charge is -2.32. The van der Waals surface area contributed by atoms with Gasteiger partial charge in [-0.1, -0.05) is 60.7 Å². The van der Waals surface area contributed by atoms with Crippen LogP contribution >= 0.6 is 0 Å². The molecule has 2 saturated carbocycles. The minimum absolute atomic E-state index is 0.478. The van der Waals surface area contributed by atoms with Crippen molar-refractivity contribution in [2.75, 3.05) is 0 Å². The van der Waals surface area contributed by atoms with E-state index in [1.807, 2.05) is 12.4 Å². The van der Waals surface area contributed by atoms with Gasteiger partial charge in [0.25, 0.3) is 0 Å². The van der Waals surface area contributed by atoms with Crippen molar-refractivity contribution in [2.24, 2.45) is 5.41 Å². The van der Waals surface area contributed by atoms with Crippen LogP contribution in [0.3, 0.4) is 0 Å². The molecule has 0 radical (unpaired) electrons.